The average Bonchev–Trinajstić information content (AvgIpc) is 3.33. The number of carbonyl (C=O) groups excluding carboxylic acids is 2. The first-order chi connectivity index (χ1) is 13.9. The van der Waals surface area contributed by atoms with Gasteiger partial charge in [-0.2, -0.15) is 0 Å². The third-order valence-electron chi connectivity index (χ3n) is 6.52. The fraction of sp³-hybridized carbons (Fsp3) is 0.333. The van der Waals surface area contributed by atoms with Crippen LogP contribution in [0.5, 0.6) is 0 Å². The maximum Gasteiger partial charge on any atom is 0.269 e. The van der Waals surface area contributed by atoms with Crippen LogP contribution >= 0.6 is 31.9 Å². The van der Waals surface area contributed by atoms with Crippen LogP contribution in [0.15, 0.2) is 48.5 Å². The number of nitrogens with zero attached hydrogens (tertiary/aromatic N) is 2. The predicted octanol–water partition coefficient (Wildman–Crippen LogP) is 4.54. The second-order valence-corrected chi connectivity index (χ2v) is 9.98. The number of carbonyl (C=O) groups is 2. The van der Waals surface area contributed by atoms with E-state index in [2.05, 4.69) is 31.9 Å². The Kier molecular flexibility index (Phi) is 4.40. The Balaban J connectivity index is 1.41. The number of alkyl halides is 2. The predicted molar refractivity (Wildman–Crippen MR) is 115 cm³/mol. The molecule has 148 valence electrons. The number of anilines is 1. The number of rotatable bonds is 3. The Morgan fingerprint density at radius 3 is 1.72 bits per heavy atom. The molecule has 0 radical (unpaired) electrons. The number of fused-ring (bicyclic) bond motifs is 5. The SMILES string of the molecule is O=C1[C@@H]2[C@H]3C[C@@H]([C@H](Br)[C@H]3Br)[C@H]2C(=O)N1c1ccc(-c2ccc([N+](=O)[O-])cc2)cc1. The van der Waals surface area contributed by atoms with Gasteiger partial charge in [-0.15, -0.1) is 0 Å². The molecule has 1 saturated heterocycles. The minimum Gasteiger partial charge on any atom is -0.274 e. The number of amides is 2. The van der Waals surface area contributed by atoms with E-state index in [0.717, 1.165) is 17.5 Å². The summed E-state index contributed by atoms with van der Waals surface area (Å²) in [6.45, 7) is 0. The molecule has 2 amide bonds. The molecule has 8 heteroatoms. The van der Waals surface area contributed by atoms with Gasteiger partial charge in [-0.25, -0.2) is 0 Å². The van der Waals surface area contributed by atoms with E-state index in [9.17, 15) is 19.7 Å². The molecular formula is C21H16Br2N2O4. The topological polar surface area (TPSA) is 80.5 Å². The van der Waals surface area contributed by atoms with Crippen LogP contribution in [0.1, 0.15) is 6.42 Å². The smallest absolute Gasteiger partial charge is 0.269 e. The molecule has 2 aromatic rings. The minimum atomic E-state index is -0.434. The normalized spacial score (nSPS) is 32.7. The van der Waals surface area contributed by atoms with Gasteiger partial charge in [-0.05, 0) is 53.6 Å². The number of hydrogen-bond donors (Lipinski definition) is 0. The first-order valence-corrected chi connectivity index (χ1v) is 11.2. The summed E-state index contributed by atoms with van der Waals surface area (Å²) < 4.78 is 0. The second-order valence-electron chi connectivity index (χ2n) is 7.87. The summed E-state index contributed by atoms with van der Waals surface area (Å²) >= 11 is 7.40. The van der Waals surface area contributed by atoms with Crippen LogP contribution in [0.2, 0.25) is 0 Å². The van der Waals surface area contributed by atoms with Crippen molar-refractivity contribution in [3.63, 3.8) is 0 Å². The Labute approximate surface area is 183 Å². The summed E-state index contributed by atoms with van der Waals surface area (Å²) in [6.07, 6.45) is 0.908. The van der Waals surface area contributed by atoms with Crippen LogP contribution in [0.25, 0.3) is 11.1 Å². The molecule has 0 aromatic heterocycles. The first kappa shape index (κ1) is 18.9. The lowest BCUT2D eigenvalue weighted by atomic mass is 9.81. The average molecular weight is 520 g/mol. The third-order valence-corrected chi connectivity index (χ3v) is 9.73. The van der Waals surface area contributed by atoms with Gasteiger partial charge in [-0.1, -0.05) is 44.0 Å². The molecule has 0 unspecified atom stereocenters. The first-order valence-electron chi connectivity index (χ1n) is 9.39. The molecule has 2 bridgehead atoms. The molecule has 2 aromatic carbocycles. The van der Waals surface area contributed by atoms with Gasteiger partial charge in [0.25, 0.3) is 5.69 Å². The molecule has 29 heavy (non-hydrogen) atoms. The van der Waals surface area contributed by atoms with Crippen molar-refractivity contribution < 1.29 is 14.5 Å². The van der Waals surface area contributed by atoms with E-state index in [-0.39, 0.29) is 50.8 Å². The van der Waals surface area contributed by atoms with Crippen LogP contribution in [0, 0.1) is 33.8 Å². The van der Waals surface area contributed by atoms with Crippen LogP contribution in [-0.4, -0.2) is 26.4 Å². The van der Waals surface area contributed by atoms with Crippen molar-refractivity contribution >= 4 is 55.0 Å². The van der Waals surface area contributed by atoms with Gasteiger partial charge in [0.15, 0.2) is 0 Å². The number of halogens is 2. The fourth-order valence-corrected chi connectivity index (χ4v) is 7.06. The zero-order chi connectivity index (χ0) is 20.4. The minimum absolute atomic E-state index is 0.0370. The highest BCUT2D eigenvalue weighted by molar-refractivity contribution is 9.12. The molecule has 6 atom stereocenters. The van der Waals surface area contributed by atoms with Gasteiger partial charge in [0.2, 0.25) is 11.8 Å². The largest absolute Gasteiger partial charge is 0.274 e. The summed E-state index contributed by atoms with van der Waals surface area (Å²) in [6, 6.07) is 13.5. The molecule has 3 fully saturated rings. The summed E-state index contributed by atoms with van der Waals surface area (Å²) in [4.78, 5) is 38.4. The highest BCUT2D eigenvalue weighted by Gasteiger charge is 2.66. The maximum atomic E-state index is 13.1. The van der Waals surface area contributed by atoms with E-state index in [4.69, 9.17) is 0 Å². The molecule has 1 heterocycles. The van der Waals surface area contributed by atoms with Crippen molar-refractivity contribution in [1.82, 2.24) is 0 Å². The monoisotopic (exact) mass is 518 g/mol. The second kappa shape index (κ2) is 6.74. The number of non-ortho nitro benzene ring substituents is 1. The highest BCUT2D eigenvalue weighted by atomic mass is 79.9. The Morgan fingerprint density at radius 1 is 0.828 bits per heavy atom. The van der Waals surface area contributed by atoms with Crippen LogP contribution < -0.4 is 4.90 Å². The number of nitro benzene ring substituents is 1. The summed E-state index contributed by atoms with van der Waals surface area (Å²) in [5.41, 5.74) is 2.32. The number of benzene rings is 2. The third kappa shape index (κ3) is 2.72. The molecular weight excluding hydrogens is 504 g/mol. The van der Waals surface area contributed by atoms with E-state index < -0.39 is 4.92 Å². The zero-order valence-corrected chi connectivity index (χ0v) is 18.2. The van der Waals surface area contributed by atoms with Crippen molar-refractivity contribution in [3.05, 3.63) is 58.6 Å². The van der Waals surface area contributed by atoms with Crippen molar-refractivity contribution in [1.29, 1.82) is 0 Å². The molecule has 0 spiro atoms. The number of hydrogen-bond acceptors (Lipinski definition) is 4. The van der Waals surface area contributed by atoms with E-state index in [0.29, 0.717) is 5.69 Å². The van der Waals surface area contributed by atoms with E-state index in [1.807, 2.05) is 12.1 Å². The Morgan fingerprint density at radius 2 is 1.28 bits per heavy atom. The van der Waals surface area contributed by atoms with Crippen molar-refractivity contribution in [2.45, 2.75) is 16.1 Å². The Hall–Kier alpha value is -2.06. The van der Waals surface area contributed by atoms with Gasteiger partial charge in [0.1, 0.15) is 0 Å². The van der Waals surface area contributed by atoms with Gasteiger partial charge < -0.3 is 0 Å². The van der Waals surface area contributed by atoms with Gasteiger partial charge in [0.05, 0.1) is 22.4 Å². The van der Waals surface area contributed by atoms with Gasteiger partial charge in [-0.3, -0.25) is 24.6 Å². The summed E-state index contributed by atoms with van der Waals surface area (Å²) in [7, 11) is 0. The van der Waals surface area contributed by atoms with Crippen LogP contribution in [-0.2, 0) is 9.59 Å². The molecule has 2 aliphatic carbocycles. The quantitative estimate of drug-likeness (QED) is 0.258. The van der Waals surface area contributed by atoms with Gasteiger partial charge >= 0.3 is 0 Å². The van der Waals surface area contributed by atoms with Gasteiger partial charge in [0, 0.05) is 21.8 Å². The fourth-order valence-electron chi connectivity index (χ4n) is 5.18. The lowest BCUT2D eigenvalue weighted by Crippen LogP contribution is -2.37. The number of nitro groups is 1. The molecule has 0 N–H and O–H groups in total. The molecule has 6 nitrogen and oxygen atoms in total. The van der Waals surface area contributed by atoms with Crippen LogP contribution in [0.4, 0.5) is 11.4 Å². The van der Waals surface area contributed by atoms with Crippen molar-refractivity contribution in [2.24, 2.45) is 23.7 Å². The lowest BCUT2D eigenvalue weighted by molar-refractivity contribution is -0.384. The van der Waals surface area contributed by atoms with Crippen molar-refractivity contribution in [3.8, 4) is 11.1 Å². The molecule has 5 rings (SSSR count). The van der Waals surface area contributed by atoms with E-state index >= 15 is 0 Å². The standard InChI is InChI=1S/C21H16Br2N2O4/c22-18-14-9-15(19(18)23)17-16(14)20(26)24(21(17)27)12-5-1-10(2-6-12)11-3-7-13(8-4-11)25(28)29/h1-8,14-19H,9H2/t14-,15-,16-,17-,18+,19+/m1/s1. The lowest BCUT2D eigenvalue weighted by Gasteiger charge is -2.28. The summed E-state index contributed by atoms with van der Waals surface area (Å²) in [5, 5.41) is 10.8. The summed E-state index contributed by atoms with van der Waals surface area (Å²) in [5.74, 6) is -0.288. The van der Waals surface area contributed by atoms with Crippen LogP contribution in [0.3, 0.4) is 0 Å². The number of imide groups is 1. The Bertz CT molecular complexity index is 992. The maximum absolute atomic E-state index is 13.1. The molecule has 1 aliphatic heterocycles. The molecule has 3 aliphatic rings. The van der Waals surface area contributed by atoms with E-state index in [1.54, 1.807) is 24.3 Å². The molecule has 2 saturated carbocycles. The van der Waals surface area contributed by atoms with Crippen molar-refractivity contribution in [2.75, 3.05) is 4.90 Å². The van der Waals surface area contributed by atoms with E-state index in [1.165, 1.54) is 17.0 Å². The highest BCUT2D eigenvalue weighted by Crippen LogP contribution is 2.60. The zero-order valence-electron chi connectivity index (χ0n) is 15.1.